The molecule has 8 heteroatoms. The van der Waals surface area contributed by atoms with Gasteiger partial charge in [0, 0.05) is 30.6 Å². The molecule has 1 aromatic heterocycles. The standard InChI is InChI=1S/C15H23N3O3S2/c19-14(17-15-16-8-11-22-15)12-6-9-18(10-7-12)23(20,21)13-4-2-1-3-5-13/h8,11-13H,1-7,9-10H2,(H,16,17,19). The summed E-state index contributed by atoms with van der Waals surface area (Å²) in [6.45, 7) is 0.906. The van der Waals surface area contributed by atoms with E-state index in [4.69, 9.17) is 0 Å². The molecule has 0 radical (unpaired) electrons. The minimum absolute atomic E-state index is 0.0466. The van der Waals surface area contributed by atoms with Gasteiger partial charge in [0.05, 0.1) is 5.25 Å². The maximum absolute atomic E-state index is 12.7. The summed E-state index contributed by atoms with van der Waals surface area (Å²) >= 11 is 1.39. The fraction of sp³-hybridized carbons (Fsp3) is 0.733. The van der Waals surface area contributed by atoms with Crippen molar-refractivity contribution in [3.8, 4) is 0 Å². The predicted molar refractivity (Wildman–Crippen MR) is 90.8 cm³/mol. The lowest BCUT2D eigenvalue weighted by Crippen LogP contribution is -2.45. The predicted octanol–water partition coefficient (Wildman–Crippen LogP) is 2.46. The van der Waals surface area contributed by atoms with Gasteiger partial charge < -0.3 is 5.32 Å². The molecule has 1 N–H and O–H groups in total. The molecule has 2 fully saturated rings. The van der Waals surface area contributed by atoms with Gasteiger partial charge in [0.2, 0.25) is 15.9 Å². The summed E-state index contributed by atoms with van der Waals surface area (Å²) in [4.78, 5) is 16.3. The second-order valence-corrected chi connectivity index (χ2v) is 9.41. The first kappa shape index (κ1) is 16.9. The van der Waals surface area contributed by atoms with Gasteiger partial charge in [0.1, 0.15) is 0 Å². The number of sulfonamides is 1. The molecule has 2 aliphatic rings. The first-order valence-electron chi connectivity index (χ1n) is 8.26. The third-order valence-electron chi connectivity index (χ3n) is 4.82. The van der Waals surface area contributed by atoms with Gasteiger partial charge in [-0.05, 0) is 25.7 Å². The second kappa shape index (κ2) is 7.27. The lowest BCUT2D eigenvalue weighted by atomic mass is 9.97. The van der Waals surface area contributed by atoms with E-state index >= 15 is 0 Å². The van der Waals surface area contributed by atoms with Crippen LogP contribution in [0.3, 0.4) is 0 Å². The molecule has 1 aliphatic carbocycles. The number of rotatable bonds is 4. The third-order valence-corrected chi connectivity index (χ3v) is 7.91. The van der Waals surface area contributed by atoms with E-state index in [0.717, 1.165) is 32.1 Å². The van der Waals surface area contributed by atoms with Crippen molar-refractivity contribution in [1.82, 2.24) is 9.29 Å². The number of nitrogens with one attached hydrogen (secondary N) is 1. The van der Waals surface area contributed by atoms with E-state index in [0.29, 0.717) is 31.1 Å². The molecule has 1 saturated carbocycles. The Hall–Kier alpha value is -0.990. The van der Waals surface area contributed by atoms with Crippen LogP contribution in [-0.2, 0) is 14.8 Å². The highest BCUT2D eigenvalue weighted by molar-refractivity contribution is 7.89. The summed E-state index contributed by atoms with van der Waals surface area (Å²) in [6.07, 6.45) is 7.56. The Balaban J connectivity index is 1.54. The van der Waals surface area contributed by atoms with Crippen LogP contribution in [0.5, 0.6) is 0 Å². The number of nitrogens with zero attached hydrogens (tertiary/aromatic N) is 2. The molecule has 1 aliphatic heterocycles. The molecule has 6 nitrogen and oxygen atoms in total. The summed E-state index contributed by atoms with van der Waals surface area (Å²) in [5.74, 6) is -0.175. The lowest BCUT2D eigenvalue weighted by molar-refractivity contribution is -0.120. The molecule has 1 saturated heterocycles. The number of hydrogen-bond acceptors (Lipinski definition) is 5. The van der Waals surface area contributed by atoms with E-state index in [1.807, 2.05) is 5.38 Å². The average molecular weight is 358 g/mol. The molecule has 0 unspecified atom stereocenters. The minimum Gasteiger partial charge on any atom is -0.302 e. The van der Waals surface area contributed by atoms with E-state index in [9.17, 15) is 13.2 Å². The monoisotopic (exact) mass is 357 g/mol. The Kier molecular flexibility index (Phi) is 5.33. The summed E-state index contributed by atoms with van der Waals surface area (Å²) in [5, 5.41) is 5.02. The first-order valence-corrected chi connectivity index (χ1v) is 10.6. The molecule has 1 aromatic rings. The van der Waals surface area contributed by atoms with Crippen molar-refractivity contribution < 1.29 is 13.2 Å². The zero-order valence-corrected chi connectivity index (χ0v) is 14.7. The zero-order valence-electron chi connectivity index (χ0n) is 13.1. The van der Waals surface area contributed by atoms with E-state index in [1.54, 1.807) is 10.5 Å². The Bertz CT molecular complexity index is 616. The number of amides is 1. The molecule has 0 atom stereocenters. The van der Waals surface area contributed by atoms with Crippen molar-refractivity contribution >= 4 is 32.4 Å². The first-order chi connectivity index (χ1) is 11.1. The van der Waals surface area contributed by atoms with Gasteiger partial charge in [-0.1, -0.05) is 19.3 Å². The van der Waals surface area contributed by atoms with Crippen LogP contribution in [0.25, 0.3) is 0 Å². The Morgan fingerprint density at radius 3 is 2.48 bits per heavy atom. The number of piperidine rings is 1. The zero-order chi connectivity index (χ0) is 16.3. The van der Waals surface area contributed by atoms with E-state index in [2.05, 4.69) is 10.3 Å². The lowest BCUT2D eigenvalue weighted by Gasteiger charge is -2.34. The van der Waals surface area contributed by atoms with Crippen molar-refractivity contribution in [2.24, 2.45) is 5.92 Å². The van der Waals surface area contributed by atoms with Crippen LogP contribution in [-0.4, -0.2) is 42.0 Å². The number of carbonyl (C=O) groups is 1. The van der Waals surface area contributed by atoms with E-state index in [-0.39, 0.29) is 17.1 Å². The van der Waals surface area contributed by atoms with Gasteiger partial charge in [0.15, 0.2) is 5.13 Å². The molecule has 1 amide bonds. The Labute approximate surface area is 141 Å². The minimum atomic E-state index is -3.19. The molecular weight excluding hydrogens is 334 g/mol. The topological polar surface area (TPSA) is 79.4 Å². The van der Waals surface area contributed by atoms with Gasteiger partial charge in [0.25, 0.3) is 0 Å². The summed E-state index contributed by atoms with van der Waals surface area (Å²) in [5.41, 5.74) is 0. The summed E-state index contributed by atoms with van der Waals surface area (Å²) in [6, 6.07) is 0. The SMILES string of the molecule is O=C(Nc1nccs1)C1CCN(S(=O)(=O)C2CCCCC2)CC1. The fourth-order valence-electron chi connectivity index (χ4n) is 3.44. The second-order valence-electron chi connectivity index (χ2n) is 6.30. The third kappa shape index (κ3) is 3.92. The Morgan fingerprint density at radius 1 is 1.17 bits per heavy atom. The molecule has 3 rings (SSSR count). The van der Waals surface area contributed by atoms with Gasteiger partial charge in [-0.2, -0.15) is 0 Å². The van der Waals surface area contributed by atoms with Gasteiger partial charge >= 0.3 is 0 Å². The molecule has 0 aromatic carbocycles. The van der Waals surface area contributed by atoms with Crippen LogP contribution >= 0.6 is 11.3 Å². The van der Waals surface area contributed by atoms with Crippen LogP contribution in [0, 0.1) is 5.92 Å². The van der Waals surface area contributed by atoms with Crippen LogP contribution < -0.4 is 5.32 Å². The highest BCUT2D eigenvalue weighted by Gasteiger charge is 2.36. The van der Waals surface area contributed by atoms with Crippen molar-refractivity contribution in [1.29, 1.82) is 0 Å². The normalized spacial score (nSPS) is 22.1. The van der Waals surface area contributed by atoms with Crippen LogP contribution in [0.4, 0.5) is 5.13 Å². The van der Waals surface area contributed by atoms with E-state index < -0.39 is 10.0 Å². The number of thiazole rings is 1. The summed E-state index contributed by atoms with van der Waals surface area (Å²) in [7, 11) is -3.19. The average Bonchev–Trinajstić information content (AvgIpc) is 3.09. The highest BCUT2D eigenvalue weighted by Crippen LogP contribution is 2.29. The molecule has 128 valence electrons. The number of anilines is 1. The van der Waals surface area contributed by atoms with Crippen LogP contribution in [0.15, 0.2) is 11.6 Å². The van der Waals surface area contributed by atoms with Crippen molar-refractivity contribution in [2.75, 3.05) is 18.4 Å². The molecule has 23 heavy (non-hydrogen) atoms. The fourth-order valence-corrected chi connectivity index (χ4v) is 6.04. The maximum atomic E-state index is 12.7. The van der Waals surface area contributed by atoms with Crippen molar-refractivity contribution in [2.45, 2.75) is 50.2 Å². The van der Waals surface area contributed by atoms with Crippen molar-refractivity contribution in [3.63, 3.8) is 0 Å². The van der Waals surface area contributed by atoms with Gasteiger partial charge in [-0.25, -0.2) is 17.7 Å². The highest BCUT2D eigenvalue weighted by atomic mass is 32.2. The number of aromatic nitrogens is 1. The van der Waals surface area contributed by atoms with Gasteiger partial charge in [-0.15, -0.1) is 11.3 Å². The smallest absolute Gasteiger partial charge is 0.229 e. The Morgan fingerprint density at radius 2 is 1.87 bits per heavy atom. The van der Waals surface area contributed by atoms with Gasteiger partial charge in [-0.3, -0.25) is 4.79 Å². The quantitative estimate of drug-likeness (QED) is 0.898. The summed E-state index contributed by atoms with van der Waals surface area (Å²) < 4.78 is 27.0. The molecule has 0 bridgehead atoms. The van der Waals surface area contributed by atoms with E-state index in [1.165, 1.54) is 11.3 Å². The number of carbonyl (C=O) groups excluding carboxylic acids is 1. The molecule has 0 spiro atoms. The molecular formula is C15H23N3O3S2. The van der Waals surface area contributed by atoms with Crippen LogP contribution in [0.1, 0.15) is 44.9 Å². The maximum Gasteiger partial charge on any atom is 0.229 e. The largest absolute Gasteiger partial charge is 0.302 e. The van der Waals surface area contributed by atoms with Crippen LogP contribution in [0.2, 0.25) is 0 Å². The molecule has 2 heterocycles. The number of hydrogen-bond donors (Lipinski definition) is 1. The van der Waals surface area contributed by atoms with Crippen molar-refractivity contribution in [3.05, 3.63) is 11.6 Å².